The highest BCUT2D eigenvalue weighted by Crippen LogP contribution is 2.21. The fraction of sp³-hybridized carbons (Fsp3) is 0.385. The van der Waals surface area contributed by atoms with Gasteiger partial charge in [0.1, 0.15) is 0 Å². The van der Waals surface area contributed by atoms with E-state index in [0.29, 0.717) is 18.7 Å². The molecule has 1 aliphatic rings. The third kappa shape index (κ3) is 2.30. The lowest BCUT2D eigenvalue weighted by Gasteiger charge is -2.34. The molecule has 0 bridgehead atoms. The molecule has 2 rings (SSSR count). The molecule has 0 aromatic heterocycles. The molecule has 1 saturated heterocycles. The Morgan fingerprint density at radius 2 is 2.06 bits per heavy atom. The van der Waals surface area contributed by atoms with Gasteiger partial charge in [-0.25, -0.2) is 0 Å². The minimum Gasteiger partial charge on any atom is -0.360 e. The van der Waals surface area contributed by atoms with Gasteiger partial charge in [0.15, 0.2) is 6.29 Å². The molecule has 4 heteroatoms. The van der Waals surface area contributed by atoms with Crippen LogP contribution >= 0.6 is 0 Å². The van der Waals surface area contributed by atoms with Crippen LogP contribution in [-0.2, 0) is 4.79 Å². The monoisotopic (exact) mass is 232 g/mol. The van der Waals surface area contributed by atoms with Crippen molar-refractivity contribution in [3.63, 3.8) is 0 Å². The molecule has 4 nitrogen and oxygen atoms in total. The van der Waals surface area contributed by atoms with Crippen molar-refractivity contribution >= 4 is 17.9 Å². The molecule has 1 aromatic carbocycles. The first kappa shape index (κ1) is 11.6. The van der Waals surface area contributed by atoms with Crippen molar-refractivity contribution in [2.24, 2.45) is 0 Å². The summed E-state index contributed by atoms with van der Waals surface area (Å²) in [6.45, 7) is 3.77. The summed E-state index contributed by atoms with van der Waals surface area (Å²) in [5, 5.41) is 0. The molecule has 1 aliphatic heterocycles. The number of aldehydes is 1. The molecule has 0 spiro atoms. The van der Waals surface area contributed by atoms with Gasteiger partial charge in [-0.1, -0.05) is 11.6 Å². The molecule has 1 amide bonds. The van der Waals surface area contributed by atoms with Crippen LogP contribution in [0, 0.1) is 6.92 Å². The van der Waals surface area contributed by atoms with E-state index in [4.69, 9.17) is 0 Å². The third-order valence-electron chi connectivity index (χ3n) is 3.11. The summed E-state index contributed by atoms with van der Waals surface area (Å²) < 4.78 is 0. The van der Waals surface area contributed by atoms with E-state index < -0.39 is 0 Å². The van der Waals surface area contributed by atoms with Gasteiger partial charge in [-0.2, -0.15) is 0 Å². The highest BCUT2D eigenvalue weighted by Gasteiger charge is 2.22. The topological polar surface area (TPSA) is 40.6 Å². The van der Waals surface area contributed by atoms with Crippen molar-refractivity contribution in [2.45, 2.75) is 6.92 Å². The number of aryl methyl sites for hydroxylation is 1. The van der Waals surface area contributed by atoms with Crippen molar-refractivity contribution in [2.75, 3.05) is 31.6 Å². The maximum atomic E-state index is 11.6. The minimum absolute atomic E-state index is 0.0914. The first-order valence-corrected chi connectivity index (χ1v) is 5.66. The summed E-state index contributed by atoms with van der Waals surface area (Å²) in [5.41, 5.74) is 2.56. The predicted octanol–water partition coefficient (Wildman–Crippen LogP) is 1.09. The van der Waals surface area contributed by atoms with E-state index in [1.54, 1.807) is 11.9 Å². The first-order valence-electron chi connectivity index (χ1n) is 5.66. The normalized spacial score (nSPS) is 16.2. The Kier molecular flexibility index (Phi) is 3.13. The minimum atomic E-state index is 0.0914. The maximum Gasteiger partial charge on any atom is 0.241 e. The van der Waals surface area contributed by atoms with Gasteiger partial charge >= 0.3 is 0 Å². The van der Waals surface area contributed by atoms with Crippen LogP contribution in [0.4, 0.5) is 5.69 Å². The molecule has 0 saturated carbocycles. The average molecular weight is 232 g/mol. The summed E-state index contributed by atoms with van der Waals surface area (Å²) in [4.78, 5) is 26.4. The summed E-state index contributed by atoms with van der Waals surface area (Å²) >= 11 is 0. The standard InChI is InChI=1S/C13H16N2O2/c1-10-3-4-12(11(7-10)9-16)15-6-5-14(2)13(17)8-15/h3-4,7,9H,5-6,8H2,1-2H3. The van der Waals surface area contributed by atoms with Gasteiger partial charge in [-0.05, 0) is 19.1 Å². The van der Waals surface area contributed by atoms with E-state index >= 15 is 0 Å². The van der Waals surface area contributed by atoms with Gasteiger partial charge in [0.25, 0.3) is 0 Å². The van der Waals surface area contributed by atoms with Crippen LogP contribution < -0.4 is 4.90 Å². The van der Waals surface area contributed by atoms with Crippen molar-refractivity contribution in [3.8, 4) is 0 Å². The number of carbonyl (C=O) groups is 2. The highest BCUT2D eigenvalue weighted by atomic mass is 16.2. The summed E-state index contributed by atoms with van der Waals surface area (Å²) in [5.74, 6) is 0.0914. The van der Waals surface area contributed by atoms with Gasteiger partial charge in [0.2, 0.25) is 5.91 Å². The Balaban J connectivity index is 2.28. The van der Waals surface area contributed by atoms with E-state index in [2.05, 4.69) is 0 Å². The summed E-state index contributed by atoms with van der Waals surface area (Å²) in [6, 6.07) is 5.73. The van der Waals surface area contributed by atoms with Crippen molar-refractivity contribution in [3.05, 3.63) is 29.3 Å². The Bertz CT molecular complexity index is 457. The average Bonchev–Trinajstić information content (AvgIpc) is 2.32. The fourth-order valence-corrected chi connectivity index (χ4v) is 2.02. The van der Waals surface area contributed by atoms with Crippen LogP contribution in [0.25, 0.3) is 0 Å². The number of amides is 1. The number of anilines is 1. The maximum absolute atomic E-state index is 11.6. The molecule has 0 unspecified atom stereocenters. The Hall–Kier alpha value is -1.84. The van der Waals surface area contributed by atoms with Crippen LogP contribution in [0.2, 0.25) is 0 Å². The first-order chi connectivity index (χ1) is 8.11. The summed E-state index contributed by atoms with van der Waals surface area (Å²) in [6.07, 6.45) is 0.852. The van der Waals surface area contributed by atoms with E-state index in [0.717, 1.165) is 24.1 Å². The van der Waals surface area contributed by atoms with Gasteiger partial charge < -0.3 is 9.80 Å². The molecule has 1 fully saturated rings. The lowest BCUT2D eigenvalue weighted by Crippen LogP contribution is -2.48. The quantitative estimate of drug-likeness (QED) is 0.717. The number of rotatable bonds is 2. The number of hydrogen-bond acceptors (Lipinski definition) is 3. The lowest BCUT2D eigenvalue weighted by molar-refractivity contribution is -0.129. The van der Waals surface area contributed by atoms with Crippen LogP contribution in [0.5, 0.6) is 0 Å². The molecular formula is C13H16N2O2. The Labute approximate surface area is 101 Å². The second-order valence-corrected chi connectivity index (χ2v) is 4.42. The van der Waals surface area contributed by atoms with Crippen LogP contribution in [0.15, 0.2) is 18.2 Å². The predicted molar refractivity (Wildman–Crippen MR) is 66.4 cm³/mol. The van der Waals surface area contributed by atoms with Crippen LogP contribution in [0.3, 0.4) is 0 Å². The van der Waals surface area contributed by atoms with Gasteiger partial charge in [0, 0.05) is 31.4 Å². The number of piperazine rings is 1. The molecule has 0 radical (unpaired) electrons. The molecular weight excluding hydrogens is 216 g/mol. The molecule has 1 aromatic rings. The second-order valence-electron chi connectivity index (χ2n) is 4.42. The van der Waals surface area contributed by atoms with E-state index in [9.17, 15) is 9.59 Å². The van der Waals surface area contributed by atoms with Gasteiger partial charge in [-0.3, -0.25) is 9.59 Å². The number of nitrogens with zero attached hydrogens (tertiary/aromatic N) is 2. The third-order valence-corrected chi connectivity index (χ3v) is 3.11. The SMILES string of the molecule is Cc1ccc(N2CCN(C)C(=O)C2)c(C=O)c1. The highest BCUT2D eigenvalue weighted by molar-refractivity contribution is 5.88. The second kappa shape index (κ2) is 4.57. The summed E-state index contributed by atoms with van der Waals surface area (Å²) in [7, 11) is 1.80. The number of likely N-dealkylation sites (N-methyl/N-ethyl adjacent to an activating group) is 1. The molecule has 90 valence electrons. The number of carbonyl (C=O) groups excluding carboxylic acids is 2. The van der Waals surface area contributed by atoms with Crippen LogP contribution in [0.1, 0.15) is 15.9 Å². The lowest BCUT2D eigenvalue weighted by atomic mass is 10.1. The van der Waals surface area contributed by atoms with Gasteiger partial charge in [0.05, 0.1) is 6.54 Å². The molecule has 0 atom stereocenters. The molecule has 0 aliphatic carbocycles. The molecule has 17 heavy (non-hydrogen) atoms. The van der Waals surface area contributed by atoms with Crippen molar-refractivity contribution in [1.29, 1.82) is 0 Å². The largest absolute Gasteiger partial charge is 0.360 e. The molecule has 0 N–H and O–H groups in total. The zero-order valence-electron chi connectivity index (χ0n) is 10.1. The van der Waals surface area contributed by atoms with Gasteiger partial charge in [-0.15, -0.1) is 0 Å². The molecule has 1 heterocycles. The van der Waals surface area contributed by atoms with E-state index in [1.165, 1.54) is 0 Å². The Morgan fingerprint density at radius 3 is 2.71 bits per heavy atom. The van der Waals surface area contributed by atoms with E-state index in [1.807, 2.05) is 30.0 Å². The Morgan fingerprint density at radius 1 is 1.29 bits per heavy atom. The van der Waals surface area contributed by atoms with Crippen molar-refractivity contribution < 1.29 is 9.59 Å². The zero-order valence-corrected chi connectivity index (χ0v) is 10.1. The van der Waals surface area contributed by atoms with E-state index in [-0.39, 0.29) is 5.91 Å². The fourth-order valence-electron chi connectivity index (χ4n) is 2.02. The number of benzene rings is 1. The smallest absolute Gasteiger partial charge is 0.241 e. The van der Waals surface area contributed by atoms with Crippen LogP contribution in [-0.4, -0.2) is 43.8 Å². The van der Waals surface area contributed by atoms with Crippen molar-refractivity contribution in [1.82, 2.24) is 4.90 Å². The zero-order chi connectivity index (χ0) is 12.4. The number of hydrogen-bond donors (Lipinski definition) is 0.